The number of ether oxygens (including phenoxy) is 1. The van der Waals surface area contributed by atoms with Crippen molar-refractivity contribution in [2.75, 3.05) is 23.0 Å². The van der Waals surface area contributed by atoms with Gasteiger partial charge in [0.15, 0.2) is 13.9 Å². The smallest absolute Gasteiger partial charge is 0.264 e. The van der Waals surface area contributed by atoms with E-state index >= 15 is 4.79 Å². The number of amides is 3. The maximum Gasteiger partial charge on any atom is 0.264 e. The zero-order valence-corrected chi connectivity index (χ0v) is 34.8. The Balaban J connectivity index is 1.20. The predicted octanol–water partition coefficient (Wildman–Crippen LogP) is 8.30. The van der Waals surface area contributed by atoms with Gasteiger partial charge in [-0.15, -0.1) is 0 Å². The molecule has 4 aliphatic heterocycles. The fourth-order valence-corrected chi connectivity index (χ4v) is 12.6. The molecule has 3 amide bonds. The van der Waals surface area contributed by atoms with Gasteiger partial charge >= 0.3 is 0 Å². The van der Waals surface area contributed by atoms with Crippen molar-refractivity contribution in [3.05, 3.63) is 124 Å². The predicted molar refractivity (Wildman–Crippen MR) is 227 cm³/mol. The normalized spacial score (nSPS) is 24.1. The van der Waals surface area contributed by atoms with Crippen molar-refractivity contribution in [1.29, 1.82) is 0 Å². The third-order valence-corrected chi connectivity index (χ3v) is 15.3. The lowest BCUT2D eigenvalue weighted by Crippen LogP contribution is -2.48. The Morgan fingerprint density at radius 2 is 1.68 bits per heavy atom. The van der Waals surface area contributed by atoms with E-state index in [-0.39, 0.29) is 36.8 Å². The second kappa shape index (κ2) is 14.8. The summed E-state index contributed by atoms with van der Waals surface area (Å²) in [6, 6.07) is 25.0. The second-order valence-electron chi connectivity index (χ2n) is 17.2. The average Bonchev–Trinajstić information content (AvgIpc) is 3.73. The van der Waals surface area contributed by atoms with Crippen molar-refractivity contribution in [3.8, 4) is 0 Å². The Labute approximate surface area is 336 Å². The van der Waals surface area contributed by atoms with Crippen molar-refractivity contribution >= 4 is 53.9 Å². The lowest BCUT2D eigenvalue weighted by Gasteiger charge is -2.37. The van der Waals surface area contributed by atoms with Gasteiger partial charge in [-0.3, -0.25) is 19.3 Å². The fourth-order valence-electron chi connectivity index (χ4n) is 10.0. The third kappa shape index (κ3) is 6.56. The third-order valence-electron chi connectivity index (χ3n) is 12.8. The molecule has 10 heteroatoms. The highest BCUT2D eigenvalue weighted by Crippen LogP contribution is 2.60. The van der Waals surface area contributed by atoms with Gasteiger partial charge in [0.2, 0.25) is 5.91 Å². The number of hydrogen-bond acceptors (Lipinski definition) is 6. The van der Waals surface area contributed by atoms with Crippen LogP contribution in [-0.4, -0.2) is 66.1 Å². The number of fused-ring (bicyclic) bond motifs is 3. The molecular weight excluding hydrogens is 731 g/mol. The van der Waals surface area contributed by atoms with E-state index in [1.807, 2.05) is 98.9 Å². The van der Waals surface area contributed by atoms with Crippen LogP contribution >= 0.6 is 0 Å². The summed E-state index contributed by atoms with van der Waals surface area (Å²) < 4.78 is 7.13. The second-order valence-corrected chi connectivity index (χ2v) is 21.2. The number of nitrogens with zero attached hydrogens (tertiary/aromatic N) is 3. The van der Waals surface area contributed by atoms with Crippen molar-refractivity contribution < 1.29 is 29.0 Å². The summed E-state index contributed by atoms with van der Waals surface area (Å²) in [6.07, 6.45) is 5.84. The molecule has 4 aromatic carbocycles. The molecule has 8 rings (SSSR count). The summed E-state index contributed by atoms with van der Waals surface area (Å²) in [5.74, 6) is -1.05. The molecule has 4 heterocycles. The summed E-state index contributed by atoms with van der Waals surface area (Å²) >= 11 is 0. The number of aliphatic hydroxyl groups is 1. The molecule has 1 fully saturated rings. The van der Waals surface area contributed by atoms with E-state index in [1.165, 1.54) is 11.1 Å². The van der Waals surface area contributed by atoms with Crippen LogP contribution in [0.4, 0.5) is 17.1 Å². The molecule has 5 atom stereocenters. The van der Waals surface area contributed by atoms with E-state index in [2.05, 4.69) is 32.9 Å². The average molecular weight is 784 g/mol. The zero-order chi connectivity index (χ0) is 40.4. The maximum atomic E-state index is 15.3. The minimum absolute atomic E-state index is 0.0417. The first kappa shape index (κ1) is 39.0. The van der Waals surface area contributed by atoms with Gasteiger partial charge in [0.1, 0.15) is 0 Å². The lowest BCUT2D eigenvalue weighted by atomic mass is 9.82. The molecule has 0 aliphatic carbocycles. The van der Waals surface area contributed by atoms with Gasteiger partial charge in [-0.1, -0.05) is 78.8 Å². The largest absolute Gasteiger partial charge is 0.432 e. The Morgan fingerprint density at radius 3 is 2.40 bits per heavy atom. The van der Waals surface area contributed by atoms with E-state index in [0.717, 1.165) is 40.4 Å². The number of carbonyl (C=O) groups is 3. The first-order valence-corrected chi connectivity index (χ1v) is 23.3. The molecule has 0 unspecified atom stereocenters. The quantitative estimate of drug-likeness (QED) is 0.124. The van der Waals surface area contributed by atoms with E-state index in [1.54, 1.807) is 14.7 Å². The molecule has 2 N–H and O–H groups in total. The summed E-state index contributed by atoms with van der Waals surface area (Å²) in [5.41, 5.74) is 5.98. The van der Waals surface area contributed by atoms with Gasteiger partial charge in [-0.25, -0.2) is 0 Å². The molecule has 0 bridgehead atoms. The number of aliphatic hydroxyl groups excluding tert-OH is 1. The van der Waals surface area contributed by atoms with Crippen LogP contribution in [0.3, 0.4) is 0 Å². The van der Waals surface area contributed by atoms with E-state index in [0.29, 0.717) is 42.0 Å². The number of allylic oxidation sites excluding steroid dienone is 3. The first-order chi connectivity index (χ1) is 27.2. The number of carbonyl (C=O) groups excluding carboxylic acids is 3. The van der Waals surface area contributed by atoms with Gasteiger partial charge in [0.05, 0.1) is 42.1 Å². The molecule has 0 aromatic heterocycles. The molecule has 296 valence electrons. The van der Waals surface area contributed by atoms with Crippen molar-refractivity contribution in [3.63, 3.8) is 0 Å². The summed E-state index contributed by atoms with van der Waals surface area (Å²) in [7, 11) is -3.10. The molecule has 57 heavy (non-hydrogen) atoms. The molecule has 0 radical (unpaired) electrons. The van der Waals surface area contributed by atoms with Crippen LogP contribution in [0.5, 0.6) is 0 Å². The van der Waals surface area contributed by atoms with Crippen LogP contribution in [0.2, 0.25) is 18.6 Å². The Hall–Kier alpha value is -4.87. The van der Waals surface area contributed by atoms with Crippen LogP contribution < -0.4 is 9.80 Å². The summed E-state index contributed by atoms with van der Waals surface area (Å²) in [4.78, 5) is 61.0. The van der Waals surface area contributed by atoms with Crippen molar-refractivity contribution in [2.24, 2.45) is 5.92 Å². The molecule has 9 nitrogen and oxygen atoms in total. The number of benzene rings is 4. The van der Waals surface area contributed by atoms with Crippen LogP contribution in [0.1, 0.15) is 74.0 Å². The zero-order valence-electron chi connectivity index (χ0n) is 33.8. The molecule has 4 aliphatic rings. The van der Waals surface area contributed by atoms with Crippen molar-refractivity contribution in [1.82, 2.24) is 4.90 Å². The number of rotatable bonds is 10. The Bertz CT molecular complexity index is 2340. The minimum atomic E-state index is -3.10. The summed E-state index contributed by atoms with van der Waals surface area (Å²) in [6.45, 7) is 12.5. The van der Waals surface area contributed by atoms with Gasteiger partial charge in [-0.05, 0) is 100.0 Å². The Morgan fingerprint density at radius 1 is 0.947 bits per heavy atom. The van der Waals surface area contributed by atoms with Gasteiger partial charge in [0.25, 0.3) is 11.8 Å². The van der Waals surface area contributed by atoms with Crippen LogP contribution in [0, 0.1) is 5.92 Å². The van der Waals surface area contributed by atoms with E-state index in [9.17, 15) is 19.5 Å². The van der Waals surface area contributed by atoms with Crippen molar-refractivity contribution in [2.45, 2.75) is 96.3 Å². The molecular formula is C47H53N3O6Si. The highest BCUT2D eigenvalue weighted by molar-refractivity contribution is 6.71. The highest BCUT2D eigenvalue weighted by Gasteiger charge is 2.66. The number of anilines is 3. The number of hydrogen-bond donors (Lipinski definition) is 2. The Kier molecular flexibility index (Phi) is 10.1. The van der Waals surface area contributed by atoms with Gasteiger partial charge in [-0.2, -0.15) is 0 Å². The fraction of sp³-hybridized carbons (Fsp3) is 0.383. The minimum Gasteiger partial charge on any atom is -0.432 e. The topological polar surface area (TPSA) is 111 Å². The SMILES string of the molecule is CC(C)=CCC/C(C)=C/CN1C(=O)[C@@]2(O[C@@H](CC(=O)N3Cc4ccccc4C[C@H]3CO)[C@H]([Si](C)(C)O)[C@H]2C)c2cc(N3C(=O)c4cccc5cccc3c45)ccc21. The summed E-state index contributed by atoms with van der Waals surface area (Å²) in [5, 5.41) is 12.3. The van der Waals surface area contributed by atoms with Gasteiger partial charge < -0.3 is 24.4 Å². The lowest BCUT2D eigenvalue weighted by molar-refractivity contribution is -0.150. The molecule has 1 spiro atoms. The highest BCUT2D eigenvalue weighted by atomic mass is 28.4. The monoisotopic (exact) mass is 783 g/mol. The van der Waals surface area contributed by atoms with Crippen LogP contribution in [0.15, 0.2) is 102 Å². The van der Waals surface area contributed by atoms with Crippen LogP contribution in [0.25, 0.3) is 10.8 Å². The van der Waals surface area contributed by atoms with E-state index in [4.69, 9.17) is 4.74 Å². The molecule has 4 aromatic rings. The standard InChI is InChI=1S/C47H53N3O6Si/c1-29(2)12-9-13-30(3)22-23-48-39-21-20-35(50-40-19-11-17-32-16-10-18-37(43(32)40)45(50)53)25-38(39)47(46(48)54)31(4)44(57(5,6)55)41(56-47)26-42(52)49-27-34-15-8-7-14-33(34)24-36(49)28-51/h7-8,10-12,14-22,25,31,36,41,44,51,55H,9,13,23-24,26-28H2,1-6H3/b30-22+/t31-,36+,41+,44-,47+/m1/s1. The maximum absolute atomic E-state index is 15.3. The van der Waals surface area contributed by atoms with Crippen LogP contribution in [-0.2, 0) is 32.9 Å². The van der Waals surface area contributed by atoms with Gasteiger partial charge in [0, 0.05) is 41.2 Å². The molecule has 0 saturated carbocycles. The first-order valence-electron chi connectivity index (χ1n) is 20.2. The molecule has 1 saturated heterocycles. The van der Waals surface area contributed by atoms with E-state index < -0.39 is 31.5 Å².